The van der Waals surface area contributed by atoms with Gasteiger partial charge in [0.15, 0.2) is 15.0 Å². The van der Waals surface area contributed by atoms with Crippen LogP contribution >= 0.6 is 35.0 Å². The van der Waals surface area contributed by atoms with Gasteiger partial charge in [-0.2, -0.15) is 4.99 Å². The Labute approximate surface area is 195 Å². The molecule has 0 spiro atoms. The lowest BCUT2D eigenvalue weighted by atomic mass is 10.2. The van der Waals surface area contributed by atoms with Crippen LogP contribution in [0.1, 0.15) is 27.2 Å². The van der Waals surface area contributed by atoms with Gasteiger partial charge in [0, 0.05) is 23.9 Å². The van der Waals surface area contributed by atoms with Gasteiger partial charge in [-0.15, -0.1) is 0 Å². The van der Waals surface area contributed by atoms with Gasteiger partial charge in [-0.3, -0.25) is 4.79 Å². The first-order valence-corrected chi connectivity index (χ1v) is 13.0. The topological polar surface area (TPSA) is 105 Å². The van der Waals surface area contributed by atoms with Crippen molar-refractivity contribution in [1.82, 2.24) is 5.32 Å². The number of alkyl carbamates (subject to hydrolysis) is 1. The van der Waals surface area contributed by atoms with E-state index >= 15 is 0 Å². The molecule has 2 amide bonds. The van der Waals surface area contributed by atoms with Crippen LogP contribution in [-0.4, -0.2) is 60.5 Å². The fraction of sp³-hybridized carbons (Fsp3) is 0.526. The number of carbonyl (C=O) groups is 2. The van der Waals surface area contributed by atoms with Crippen LogP contribution in [0.5, 0.6) is 0 Å². The summed E-state index contributed by atoms with van der Waals surface area (Å²) in [4.78, 5) is 30.1. The van der Waals surface area contributed by atoms with E-state index in [1.807, 2.05) is 0 Å². The van der Waals surface area contributed by atoms with Gasteiger partial charge in [0.2, 0.25) is 5.91 Å². The summed E-state index contributed by atoms with van der Waals surface area (Å²) < 4.78 is 29.4. The summed E-state index contributed by atoms with van der Waals surface area (Å²) >= 11 is 13.4. The third-order valence-corrected chi connectivity index (χ3v) is 8.42. The van der Waals surface area contributed by atoms with E-state index in [1.165, 1.54) is 11.8 Å². The maximum Gasteiger partial charge on any atom is 0.407 e. The van der Waals surface area contributed by atoms with Crippen molar-refractivity contribution in [2.24, 2.45) is 4.99 Å². The molecule has 2 saturated heterocycles. The summed E-state index contributed by atoms with van der Waals surface area (Å²) in [6.45, 7) is 5.31. The van der Waals surface area contributed by atoms with Crippen molar-refractivity contribution < 1.29 is 22.7 Å². The first kappa shape index (κ1) is 24.2. The lowest BCUT2D eigenvalue weighted by Crippen LogP contribution is -2.37. The van der Waals surface area contributed by atoms with Crippen LogP contribution in [-0.2, 0) is 19.4 Å². The second-order valence-electron chi connectivity index (χ2n) is 8.24. The fourth-order valence-electron chi connectivity index (χ4n) is 3.25. The number of rotatable bonds is 4. The van der Waals surface area contributed by atoms with Gasteiger partial charge in [-0.25, -0.2) is 13.2 Å². The highest BCUT2D eigenvalue weighted by atomic mass is 35.5. The fourth-order valence-corrected chi connectivity index (χ4v) is 7.47. The highest BCUT2D eigenvalue weighted by Gasteiger charge is 2.49. The number of amidine groups is 1. The Morgan fingerprint density at radius 1 is 1.26 bits per heavy atom. The number of amides is 2. The summed E-state index contributed by atoms with van der Waals surface area (Å²) in [7, 11) is -3.18. The molecule has 2 fully saturated rings. The number of carbonyl (C=O) groups excluding carboxylic acids is 2. The molecule has 1 N–H and O–H groups in total. The lowest BCUT2D eigenvalue weighted by Gasteiger charge is -2.24. The van der Waals surface area contributed by atoms with Crippen molar-refractivity contribution >= 4 is 67.7 Å². The van der Waals surface area contributed by atoms with Crippen molar-refractivity contribution in [2.75, 3.05) is 23.0 Å². The van der Waals surface area contributed by atoms with Crippen LogP contribution in [0.15, 0.2) is 23.2 Å². The Morgan fingerprint density at radius 2 is 1.97 bits per heavy atom. The molecule has 2 aliphatic heterocycles. The average molecular weight is 508 g/mol. The van der Waals surface area contributed by atoms with Crippen LogP contribution in [0.2, 0.25) is 10.0 Å². The minimum atomic E-state index is -3.18. The largest absolute Gasteiger partial charge is 0.444 e. The van der Waals surface area contributed by atoms with E-state index in [9.17, 15) is 18.0 Å². The molecule has 2 atom stereocenters. The number of benzene rings is 1. The van der Waals surface area contributed by atoms with Gasteiger partial charge >= 0.3 is 6.09 Å². The number of hydrogen-bond acceptors (Lipinski definition) is 6. The number of nitrogens with one attached hydrogen (secondary N) is 1. The first-order valence-electron chi connectivity index (χ1n) is 9.54. The number of thioether (sulfide) groups is 1. The molecule has 0 unspecified atom stereocenters. The second kappa shape index (κ2) is 9.17. The van der Waals surface area contributed by atoms with E-state index in [-0.39, 0.29) is 35.8 Å². The number of aliphatic imine (C=N–C) groups is 1. The average Bonchev–Trinajstić information content (AvgIpc) is 3.06. The summed E-state index contributed by atoms with van der Waals surface area (Å²) in [5.74, 6) is -0.447. The molecule has 1 aromatic carbocycles. The molecule has 2 aliphatic rings. The molecule has 0 aliphatic carbocycles. The standard InChI is InChI=1S/C19H23Cl2N3O5S2/c1-19(2,3)29-18(26)22-7-6-16(25)23-17-24(11-4-5-12(20)13(21)8-11)14-9-31(27,28)10-15(14)30-17/h4-5,8,14-15H,6-7,9-10H2,1-3H3,(H,22,26)/t14-,15-/m0/s1. The predicted molar refractivity (Wildman–Crippen MR) is 124 cm³/mol. The Bertz CT molecular complexity index is 1020. The first-order chi connectivity index (χ1) is 14.3. The quantitative estimate of drug-likeness (QED) is 0.664. The van der Waals surface area contributed by atoms with Gasteiger partial charge in [-0.05, 0) is 39.0 Å². The van der Waals surface area contributed by atoms with Crippen LogP contribution in [0.3, 0.4) is 0 Å². The minimum Gasteiger partial charge on any atom is -0.444 e. The molecule has 12 heteroatoms. The number of hydrogen-bond donors (Lipinski definition) is 1. The molecule has 0 aromatic heterocycles. The molecular weight excluding hydrogens is 485 g/mol. The number of nitrogens with zero attached hydrogens (tertiary/aromatic N) is 2. The van der Waals surface area contributed by atoms with Gasteiger partial charge in [-0.1, -0.05) is 35.0 Å². The Morgan fingerprint density at radius 3 is 2.61 bits per heavy atom. The molecule has 0 bridgehead atoms. The Hall–Kier alpha value is -1.49. The van der Waals surface area contributed by atoms with Gasteiger partial charge in [0.05, 0.1) is 27.6 Å². The van der Waals surface area contributed by atoms with Gasteiger partial charge in [0.1, 0.15) is 5.60 Å². The number of fused-ring (bicyclic) bond motifs is 1. The Kier molecular flexibility index (Phi) is 7.15. The van der Waals surface area contributed by atoms with Gasteiger partial charge in [0.25, 0.3) is 0 Å². The molecule has 3 rings (SSSR count). The highest BCUT2D eigenvalue weighted by molar-refractivity contribution is 8.16. The third kappa shape index (κ3) is 6.27. The zero-order valence-electron chi connectivity index (χ0n) is 17.2. The maximum absolute atomic E-state index is 12.4. The summed E-state index contributed by atoms with van der Waals surface area (Å²) in [6.07, 6.45) is -0.632. The third-order valence-electron chi connectivity index (χ3n) is 4.48. The lowest BCUT2D eigenvalue weighted by molar-refractivity contribution is -0.117. The monoisotopic (exact) mass is 507 g/mol. The van der Waals surface area contributed by atoms with Crippen molar-refractivity contribution in [3.8, 4) is 0 Å². The summed E-state index contributed by atoms with van der Waals surface area (Å²) in [5, 5.41) is 3.39. The van der Waals surface area contributed by atoms with E-state index in [1.54, 1.807) is 43.9 Å². The second-order valence-corrected chi connectivity index (χ2v) is 12.4. The molecule has 170 valence electrons. The van der Waals surface area contributed by atoms with Crippen LogP contribution in [0.25, 0.3) is 0 Å². The predicted octanol–water partition coefficient (Wildman–Crippen LogP) is 3.51. The van der Waals surface area contributed by atoms with Crippen LogP contribution in [0.4, 0.5) is 10.5 Å². The number of anilines is 1. The molecule has 31 heavy (non-hydrogen) atoms. The van der Waals surface area contributed by atoms with E-state index < -0.39 is 27.4 Å². The normalized spacial score (nSPS) is 23.6. The maximum atomic E-state index is 12.4. The zero-order valence-corrected chi connectivity index (χ0v) is 20.4. The minimum absolute atomic E-state index is 0.0214. The Balaban J connectivity index is 1.74. The van der Waals surface area contributed by atoms with Crippen molar-refractivity contribution in [2.45, 2.75) is 44.1 Å². The molecular formula is C19H23Cl2N3O5S2. The van der Waals surface area contributed by atoms with E-state index in [2.05, 4.69) is 10.3 Å². The van der Waals surface area contributed by atoms with Crippen LogP contribution < -0.4 is 10.2 Å². The highest BCUT2D eigenvalue weighted by Crippen LogP contribution is 2.42. The molecule has 8 nitrogen and oxygen atoms in total. The van der Waals surface area contributed by atoms with Crippen molar-refractivity contribution in [3.05, 3.63) is 28.2 Å². The molecule has 2 heterocycles. The SMILES string of the molecule is CC(C)(C)OC(=O)NCCC(=O)N=C1S[C@H]2CS(=O)(=O)C[C@@H]2N1c1ccc(Cl)c(Cl)c1. The van der Waals surface area contributed by atoms with Crippen molar-refractivity contribution in [3.63, 3.8) is 0 Å². The summed E-state index contributed by atoms with van der Waals surface area (Å²) in [5.41, 5.74) is -0.0160. The van der Waals surface area contributed by atoms with Gasteiger partial charge < -0.3 is 15.0 Å². The molecule has 1 aromatic rings. The number of sulfone groups is 1. The zero-order chi connectivity index (χ0) is 23.0. The van der Waals surface area contributed by atoms with E-state index in [0.29, 0.717) is 20.9 Å². The summed E-state index contributed by atoms with van der Waals surface area (Å²) in [6, 6.07) is 4.61. The molecule has 0 radical (unpaired) electrons. The number of ether oxygens (including phenoxy) is 1. The van der Waals surface area contributed by atoms with E-state index in [4.69, 9.17) is 27.9 Å². The van der Waals surface area contributed by atoms with Crippen molar-refractivity contribution in [1.29, 1.82) is 0 Å². The van der Waals surface area contributed by atoms with Crippen LogP contribution in [0, 0.1) is 0 Å². The number of halogens is 2. The smallest absolute Gasteiger partial charge is 0.407 e. The van der Waals surface area contributed by atoms with E-state index in [0.717, 1.165) is 0 Å². The molecule has 0 saturated carbocycles.